The fraction of sp³-hybridized carbons (Fsp3) is 0.0769. The molecule has 5 heteroatoms. The Kier molecular flexibility index (Phi) is 3.94. The smallest absolute Gasteiger partial charge is 0.409 e. The summed E-state index contributed by atoms with van der Waals surface area (Å²) in [4.78, 5) is 15.1. The summed E-state index contributed by atoms with van der Waals surface area (Å²) in [7, 11) is 0. The van der Waals surface area contributed by atoms with Crippen molar-refractivity contribution >= 4 is 27.7 Å². The lowest BCUT2D eigenvalue weighted by molar-refractivity contribution is 0.209. The van der Waals surface area contributed by atoms with Crippen molar-refractivity contribution in [3.05, 3.63) is 48.2 Å². The molecule has 0 atom stereocenters. The van der Waals surface area contributed by atoms with E-state index in [1.54, 1.807) is 12.1 Å². The molecule has 0 fully saturated rings. The molecule has 0 bridgehead atoms. The molecule has 1 amide bonds. The molecule has 18 heavy (non-hydrogen) atoms. The number of pyridine rings is 1. The molecule has 2 rings (SSSR count). The van der Waals surface area contributed by atoms with Crippen molar-refractivity contribution in [2.24, 2.45) is 0 Å². The molecule has 0 aliphatic heterocycles. The Morgan fingerprint density at radius 2 is 1.94 bits per heavy atom. The first-order valence-electron chi connectivity index (χ1n) is 5.32. The Balaban J connectivity index is 2.39. The van der Waals surface area contributed by atoms with E-state index >= 15 is 0 Å². The maximum Gasteiger partial charge on any atom is 0.409 e. The van der Waals surface area contributed by atoms with Gasteiger partial charge in [0.1, 0.15) is 0 Å². The van der Waals surface area contributed by atoms with Crippen LogP contribution in [0.4, 0.5) is 10.5 Å². The van der Waals surface area contributed by atoms with Crippen molar-refractivity contribution in [1.82, 2.24) is 4.98 Å². The number of halogens is 1. The molecule has 1 heterocycles. The van der Waals surface area contributed by atoms with Crippen LogP contribution in [0.15, 0.2) is 42.5 Å². The van der Waals surface area contributed by atoms with Crippen LogP contribution in [0.3, 0.4) is 0 Å². The van der Waals surface area contributed by atoms with Gasteiger partial charge in [0, 0.05) is 10.9 Å². The van der Waals surface area contributed by atoms with Crippen molar-refractivity contribution in [2.45, 2.75) is 5.33 Å². The Bertz CT molecular complexity index is 558. The van der Waals surface area contributed by atoms with Crippen molar-refractivity contribution in [3.63, 3.8) is 0 Å². The first kappa shape index (κ1) is 12.6. The van der Waals surface area contributed by atoms with E-state index in [1.165, 1.54) is 0 Å². The minimum atomic E-state index is -1.09. The van der Waals surface area contributed by atoms with Gasteiger partial charge in [0.25, 0.3) is 0 Å². The van der Waals surface area contributed by atoms with E-state index in [2.05, 4.69) is 26.2 Å². The van der Waals surface area contributed by atoms with Crippen molar-refractivity contribution in [1.29, 1.82) is 0 Å². The summed E-state index contributed by atoms with van der Waals surface area (Å²) in [6.07, 6.45) is -1.09. The van der Waals surface area contributed by atoms with E-state index in [1.807, 2.05) is 30.3 Å². The van der Waals surface area contributed by atoms with Crippen LogP contribution in [0.5, 0.6) is 0 Å². The zero-order valence-corrected chi connectivity index (χ0v) is 11.0. The molecular weight excluding hydrogens is 296 g/mol. The van der Waals surface area contributed by atoms with Crippen LogP contribution in [0.25, 0.3) is 11.3 Å². The lowest BCUT2D eigenvalue weighted by Gasteiger charge is -2.08. The van der Waals surface area contributed by atoms with Crippen LogP contribution in [0, 0.1) is 0 Å². The molecule has 0 aliphatic carbocycles. The molecule has 1 aromatic carbocycles. The Morgan fingerprint density at radius 3 is 2.56 bits per heavy atom. The van der Waals surface area contributed by atoms with Gasteiger partial charge in [-0.15, -0.1) is 0 Å². The molecule has 92 valence electrons. The molecule has 0 aliphatic rings. The molecule has 4 nitrogen and oxygen atoms in total. The predicted octanol–water partition coefficient (Wildman–Crippen LogP) is 3.73. The number of hydrogen-bond donors (Lipinski definition) is 2. The summed E-state index contributed by atoms with van der Waals surface area (Å²) in [5.41, 5.74) is 2.99. The summed E-state index contributed by atoms with van der Waals surface area (Å²) in [6, 6.07) is 13.3. The number of nitrogens with zero attached hydrogens (tertiary/aromatic N) is 1. The molecule has 2 N–H and O–H groups in total. The average Bonchev–Trinajstić information content (AvgIpc) is 2.39. The molecule has 0 saturated carbocycles. The van der Waals surface area contributed by atoms with E-state index in [4.69, 9.17) is 5.11 Å². The third-order valence-electron chi connectivity index (χ3n) is 2.41. The van der Waals surface area contributed by atoms with Crippen LogP contribution in [-0.2, 0) is 5.33 Å². The SMILES string of the molecule is O=C(O)Nc1ccc(-c2ccccc2)nc1CBr. The number of hydrogen-bond acceptors (Lipinski definition) is 2. The number of carbonyl (C=O) groups is 1. The standard InChI is InChI=1S/C13H11BrN2O2/c14-8-12-11(16-13(17)18)7-6-10(15-12)9-4-2-1-3-5-9/h1-7,16H,8H2,(H,17,18). The molecule has 0 saturated heterocycles. The van der Waals surface area contributed by atoms with Crippen LogP contribution < -0.4 is 5.32 Å². The van der Waals surface area contributed by atoms with Crippen molar-refractivity contribution in [2.75, 3.05) is 5.32 Å². The van der Waals surface area contributed by atoms with Gasteiger partial charge in [0.15, 0.2) is 0 Å². The number of alkyl halides is 1. The molecular formula is C13H11BrN2O2. The van der Waals surface area contributed by atoms with E-state index in [9.17, 15) is 4.79 Å². The van der Waals surface area contributed by atoms with Gasteiger partial charge in [-0.3, -0.25) is 5.32 Å². The predicted molar refractivity (Wildman–Crippen MR) is 74.0 cm³/mol. The monoisotopic (exact) mass is 306 g/mol. The maximum atomic E-state index is 10.6. The highest BCUT2D eigenvalue weighted by atomic mass is 79.9. The van der Waals surface area contributed by atoms with Gasteiger partial charge in [-0.1, -0.05) is 46.3 Å². The fourth-order valence-electron chi connectivity index (χ4n) is 1.60. The summed E-state index contributed by atoms with van der Waals surface area (Å²) in [5, 5.41) is 11.5. The third-order valence-corrected chi connectivity index (χ3v) is 2.94. The first-order chi connectivity index (χ1) is 8.70. The van der Waals surface area contributed by atoms with E-state index in [0.29, 0.717) is 16.7 Å². The summed E-state index contributed by atoms with van der Waals surface area (Å²) in [6.45, 7) is 0. The quantitative estimate of drug-likeness (QED) is 0.849. The Hall–Kier alpha value is -1.88. The number of anilines is 1. The highest BCUT2D eigenvalue weighted by Crippen LogP contribution is 2.23. The van der Waals surface area contributed by atoms with E-state index in [-0.39, 0.29) is 0 Å². The zero-order chi connectivity index (χ0) is 13.0. The summed E-state index contributed by atoms with van der Waals surface area (Å²) in [5.74, 6) is 0. The number of carboxylic acid groups (broad SMARTS) is 1. The highest BCUT2D eigenvalue weighted by Gasteiger charge is 2.08. The summed E-state index contributed by atoms with van der Waals surface area (Å²) >= 11 is 3.31. The largest absolute Gasteiger partial charge is 0.465 e. The number of nitrogens with one attached hydrogen (secondary N) is 1. The van der Waals surface area contributed by atoms with Crippen molar-refractivity contribution < 1.29 is 9.90 Å². The lowest BCUT2D eigenvalue weighted by atomic mass is 10.1. The van der Waals surface area contributed by atoms with Crippen LogP contribution in [0.1, 0.15) is 5.69 Å². The van der Waals surface area contributed by atoms with Gasteiger partial charge in [0.05, 0.1) is 17.1 Å². The zero-order valence-electron chi connectivity index (χ0n) is 9.43. The third kappa shape index (κ3) is 2.87. The average molecular weight is 307 g/mol. The Labute approximate surface area is 113 Å². The number of benzene rings is 1. The summed E-state index contributed by atoms with van der Waals surface area (Å²) < 4.78 is 0. The van der Waals surface area contributed by atoms with E-state index < -0.39 is 6.09 Å². The van der Waals surface area contributed by atoms with Gasteiger partial charge in [-0.25, -0.2) is 9.78 Å². The van der Waals surface area contributed by atoms with Crippen molar-refractivity contribution in [3.8, 4) is 11.3 Å². The second kappa shape index (κ2) is 5.64. The lowest BCUT2D eigenvalue weighted by Crippen LogP contribution is -2.10. The molecule has 0 unspecified atom stereocenters. The van der Waals surface area contributed by atoms with Gasteiger partial charge in [-0.2, -0.15) is 0 Å². The second-order valence-corrected chi connectivity index (χ2v) is 4.18. The molecule has 0 spiro atoms. The van der Waals surface area contributed by atoms with E-state index in [0.717, 1.165) is 11.3 Å². The van der Waals surface area contributed by atoms with Gasteiger partial charge >= 0.3 is 6.09 Å². The minimum absolute atomic E-state index is 0.489. The maximum absolute atomic E-state index is 10.6. The molecule has 2 aromatic rings. The van der Waals surface area contributed by atoms with Crippen LogP contribution in [-0.4, -0.2) is 16.2 Å². The molecule has 1 aromatic heterocycles. The van der Waals surface area contributed by atoms with Gasteiger partial charge in [-0.05, 0) is 12.1 Å². The van der Waals surface area contributed by atoms with Crippen LogP contribution in [0.2, 0.25) is 0 Å². The van der Waals surface area contributed by atoms with Gasteiger partial charge in [0.2, 0.25) is 0 Å². The second-order valence-electron chi connectivity index (χ2n) is 3.62. The minimum Gasteiger partial charge on any atom is -0.465 e. The van der Waals surface area contributed by atoms with Gasteiger partial charge < -0.3 is 5.11 Å². The highest BCUT2D eigenvalue weighted by molar-refractivity contribution is 9.08. The Morgan fingerprint density at radius 1 is 1.22 bits per heavy atom. The first-order valence-corrected chi connectivity index (χ1v) is 6.44. The number of rotatable bonds is 3. The fourth-order valence-corrected chi connectivity index (χ4v) is 2.03. The number of aromatic nitrogens is 1. The van der Waals surface area contributed by atoms with Crippen LogP contribution >= 0.6 is 15.9 Å². The number of amides is 1. The normalized spacial score (nSPS) is 10.1. The molecule has 0 radical (unpaired) electrons. The topological polar surface area (TPSA) is 62.2 Å².